The van der Waals surface area contributed by atoms with Crippen LogP contribution in [0.3, 0.4) is 0 Å². The average Bonchev–Trinajstić information content (AvgIpc) is 3.13. The number of carbonyl (C=O) groups excluding carboxylic acids is 1. The molecule has 1 heterocycles. The first-order chi connectivity index (χ1) is 12.6. The summed E-state index contributed by atoms with van der Waals surface area (Å²) in [5, 5.41) is 13.2. The molecule has 4 nitrogen and oxygen atoms in total. The molecule has 0 aliphatic heterocycles. The number of para-hydroxylation sites is 1. The predicted molar refractivity (Wildman–Crippen MR) is 101 cm³/mol. The monoisotopic (exact) mass is 358 g/mol. The number of aryl methyl sites for hydroxylation is 1. The number of hydrogen-bond acceptors (Lipinski definition) is 2. The van der Waals surface area contributed by atoms with E-state index < -0.39 is 11.9 Å². The fourth-order valence-corrected chi connectivity index (χ4v) is 3.79. The summed E-state index contributed by atoms with van der Waals surface area (Å²) in [6.07, 6.45) is 7.80. The van der Waals surface area contributed by atoms with Gasteiger partial charge in [0.15, 0.2) is 0 Å². The third-order valence-corrected chi connectivity index (χ3v) is 5.25. The maximum Gasteiger partial charge on any atom is 0.224 e. The Morgan fingerprint density at radius 1 is 1.27 bits per heavy atom. The Bertz CT molecular complexity index is 730. The van der Waals surface area contributed by atoms with Crippen molar-refractivity contribution in [3.63, 3.8) is 0 Å². The minimum Gasteiger partial charge on any atom is -0.387 e. The zero-order valence-corrected chi connectivity index (χ0v) is 15.2. The Morgan fingerprint density at radius 2 is 2.04 bits per heavy atom. The maximum absolute atomic E-state index is 13.8. The Labute approximate surface area is 154 Å². The zero-order chi connectivity index (χ0) is 18.5. The summed E-state index contributed by atoms with van der Waals surface area (Å²) < 4.78 is 16.0. The zero-order valence-electron chi connectivity index (χ0n) is 15.2. The quantitative estimate of drug-likeness (QED) is 0.772. The van der Waals surface area contributed by atoms with Gasteiger partial charge in [0.25, 0.3) is 0 Å². The molecule has 1 fully saturated rings. The molecular weight excluding hydrogens is 331 g/mol. The summed E-state index contributed by atoms with van der Waals surface area (Å²) in [5.41, 5.74) is 1.77. The number of rotatable bonds is 6. The Hall–Kier alpha value is -2.14. The van der Waals surface area contributed by atoms with Crippen LogP contribution in [0.15, 0.2) is 36.5 Å². The lowest BCUT2D eigenvalue weighted by molar-refractivity contribution is -0.116. The standard InChI is InChI=1S/C21H27FN2O2/c1-15-7-5-10-17(22)21(15)23-20(26)13-12-19(25)18-11-6-14-24(18)16-8-3-2-4-9-16/h5-7,10-11,14,16,19,25H,2-4,8-9,12-13H2,1H3,(H,23,26). The topological polar surface area (TPSA) is 54.3 Å². The van der Waals surface area contributed by atoms with Crippen molar-refractivity contribution in [1.29, 1.82) is 0 Å². The SMILES string of the molecule is Cc1cccc(F)c1NC(=O)CCC(O)c1cccn1C1CCCCC1. The molecule has 26 heavy (non-hydrogen) atoms. The highest BCUT2D eigenvalue weighted by Gasteiger charge is 2.21. The number of amides is 1. The molecule has 1 unspecified atom stereocenters. The van der Waals surface area contributed by atoms with Gasteiger partial charge < -0.3 is 15.0 Å². The van der Waals surface area contributed by atoms with Gasteiger partial charge in [-0.05, 0) is 49.9 Å². The van der Waals surface area contributed by atoms with Gasteiger partial charge in [-0.1, -0.05) is 31.4 Å². The third-order valence-electron chi connectivity index (χ3n) is 5.25. The number of nitrogens with one attached hydrogen (secondary N) is 1. The molecular formula is C21H27FN2O2. The Balaban J connectivity index is 1.58. The van der Waals surface area contributed by atoms with Crippen molar-refractivity contribution in [2.75, 3.05) is 5.32 Å². The van der Waals surface area contributed by atoms with Crippen LogP contribution in [-0.2, 0) is 4.79 Å². The van der Waals surface area contributed by atoms with Crippen molar-refractivity contribution in [1.82, 2.24) is 4.57 Å². The number of carbonyl (C=O) groups is 1. The van der Waals surface area contributed by atoms with E-state index in [4.69, 9.17) is 0 Å². The molecule has 1 amide bonds. The number of hydrogen-bond donors (Lipinski definition) is 2. The fraction of sp³-hybridized carbons (Fsp3) is 0.476. The largest absolute Gasteiger partial charge is 0.387 e. The number of nitrogens with zero attached hydrogens (tertiary/aromatic N) is 1. The van der Waals surface area contributed by atoms with Gasteiger partial charge >= 0.3 is 0 Å². The van der Waals surface area contributed by atoms with Crippen LogP contribution < -0.4 is 5.32 Å². The lowest BCUT2D eigenvalue weighted by atomic mass is 9.95. The molecule has 1 aliphatic carbocycles. The number of benzene rings is 1. The number of aliphatic hydroxyl groups is 1. The first-order valence-electron chi connectivity index (χ1n) is 9.46. The molecule has 1 aromatic carbocycles. The van der Waals surface area contributed by atoms with Crippen molar-refractivity contribution in [2.45, 2.75) is 64.0 Å². The molecule has 1 aromatic heterocycles. The molecule has 5 heteroatoms. The van der Waals surface area contributed by atoms with Gasteiger partial charge in [-0.2, -0.15) is 0 Å². The van der Waals surface area contributed by atoms with Crippen molar-refractivity contribution < 1.29 is 14.3 Å². The number of aromatic nitrogens is 1. The molecule has 0 bridgehead atoms. The van der Waals surface area contributed by atoms with Crippen LogP contribution in [0.1, 0.15) is 68.3 Å². The van der Waals surface area contributed by atoms with Gasteiger partial charge in [-0.15, -0.1) is 0 Å². The second-order valence-corrected chi connectivity index (χ2v) is 7.17. The van der Waals surface area contributed by atoms with Gasteiger partial charge in [0, 0.05) is 24.4 Å². The average molecular weight is 358 g/mol. The van der Waals surface area contributed by atoms with E-state index in [9.17, 15) is 14.3 Å². The van der Waals surface area contributed by atoms with E-state index in [0.717, 1.165) is 18.5 Å². The highest BCUT2D eigenvalue weighted by molar-refractivity contribution is 5.91. The second kappa shape index (κ2) is 8.49. The van der Waals surface area contributed by atoms with Crippen molar-refractivity contribution in [3.05, 3.63) is 53.6 Å². The second-order valence-electron chi connectivity index (χ2n) is 7.17. The van der Waals surface area contributed by atoms with E-state index in [1.54, 1.807) is 19.1 Å². The summed E-state index contributed by atoms with van der Waals surface area (Å²) in [4.78, 5) is 12.2. The van der Waals surface area contributed by atoms with E-state index in [0.29, 0.717) is 18.0 Å². The van der Waals surface area contributed by atoms with Crippen molar-refractivity contribution in [3.8, 4) is 0 Å². The highest BCUT2D eigenvalue weighted by atomic mass is 19.1. The molecule has 0 saturated heterocycles. The van der Waals surface area contributed by atoms with Gasteiger partial charge in [0.05, 0.1) is 11.8 Å². The summed E-state index contributed by atoms with van der Waals surface area (Å²) in [6, 6.07) is 9.02. The first kappa shape index (κ1) is 18.6. The lowest BCUT2D eigenvalue weighted by Gasteiger charge is -2.27. The molecule has 2 aromatic rings. The third kappa shape index (κ3) is 4.33. The minimum atomic E-state index is -0.695. The summed E-state index contributed by atoms with van der Waals surface area (Å²) >= 11 is 0. The van der Waals surface area contributed by atoms with Gasteiger partial charge in [-0.25, -0.2) is 4.39 Å². The first-order valence-corrected chi connectivity index (χ1v) is 9.46. The smallest absolute Gasteiger partial charge is 0.224 e. The number of halogens is 1. The molecule has 3 rings (SSSR count). The van der Waals surface area contributed by atoms with Gasteiger partial charge in [0.1, 0.15) is 5.82 Å². The molecule has 0 radical (unpaired) electrons. The lowest BCUT2D eigenvalue weighted by Crippen LogP contribution is -2.18. The fourth-order valence-electron chi connectivity index (χ4n) is 3.79. The summed E-state index contributed by atoms with van der Waals surface area (Å²) in [6.45, 7) is 1.75. The number of aliphatic hydroxyl groups excluding tert-OH is 1. The van der Waals surface area contributed by atoms with Gasteiger partial charge in [0.2, 0.25) is 5.91 Å². The molecule has 2 N–H and O–H groups in total. The minimum absolute atomic E-state index is 0.144. The molecule has 140 valence electrons. The van der Waals surface area contributed by atoms with Crippen LogP contribution in [0.4, 0.5) is 10.1 Å². The summed E-state index contributed by atoms with van der Waals surface area (Å²) in [7, 11) is 0. The van der Waals surface area contributed by atoms with Crippen molar-refractivity contribution in [2.24, 2.45) is 0 Å². The predicted octanol–water partition coefficient (Wildman–Crippen LogP) is 4.89. The Kier molecular flexibility index (Phi) is 6.09. The Morgan fingerprint density at radius 3 is 2.77 bits per heavy atom. The molecule has 1 atom stereocenters. The van der Waals surface area contributed by atoms with Crippen LogP contribution in [-0.4, -0.2) is 15.6 Å². The van der Waals surface area contributed by atoms with E-state index in [1.165, 1.54) is 25.3 Å². The van der Waals surface area contributed by atoms with E-state index in [2.05, 4.69) is 9.88 Å². The number of anilines is 1. The molecule has 1 saturated carbocycles. The maximum atomic E-state index is 13.8. The van der Waals surface area contributed by atoms with Gasteiger partial charge in [-0.3, -0.25) is 4.79 Å². The van der Waals surface area contributed by atoms with Crippen LogP contribution in [0.2, 0.25) is 0 Å². The molecule has 1 aliphatic rings. The van der Waals surface area contributed by atoms with Crippen LogP contribution in [0.25, 0.3) is 0 Å². The molecule has 0 spiro atoms. The van der Waals surface area contributed by atoms with Crippen LogP contribution in [0, 0.1) is 12.7 Å². The van der Waals surface area contributed by atoms with E-state index >= 15 is 0 Å². The van der Waals surface area contributed by atoms with Crippen LogP contribution >= 0.6 is 0 Å². The normalized spacial score (nSPS) is 16.4. The van der Waals surface area contributed by atoms with E-state index in [1.807, 2.05) is 18.3 Å². The summed E-state index contributed by atoms with van der Waals surface area (Å²) in [5.74, 6) is -0.724. The highest BCUT2D eigenvalue weighted by Crippen LogP contribution is 2.32. The van der Waals surface area contributed by atoms with Crippen molar-refractivity contribution >= 4 is 11.6 Å². The van der Waals surface area contributed by atoms with E-state index in [-0.39, 0.29) is 18.0 Å². The van der Waals surface area contributed by atoms with Crippen LogP contribution in [0.5, 0.6) is 0 Å².